The van der Waals surface area contributed by atoms with Gasteiger partial charge in [0.05, 0.1) is 12.2 Å². The van der Waals surface area contributed by atoms with Crippen molar-refractivity contribution in [3.05, 3.63) is 34.9 Å². The lowest BCUT2D eigenvalue weighted by Crippen LogP contribution is -2.53. The number of benzene rings is 1. The molecule has 3 N–H and O–H groups in total. The Morgan fingerprint density at radius 2 is 2.00 bits per heavy atom. The Morgan fingerprint density at radius 1 is 1.16 bits per heavy atom. The molecule has 166 valence electrons. The zero-order valence-corrected chi connectivity index (χ0v) is 17.7. The normalized spacial score (nSPS) is 31.1. The molecule has 1 aromatic rings. The van der Waals surface area contributed by atoms with E-state index in [0.29, 0.717) is 24.6 Å². The number of hydrogen-bond donors (Lipinski definition) is 3. The smallest absolute Gasteiger partial charge is 0.255 e. The molecular formula is C23H30N4O4. The summed E-state index contributed by atoms with van der Waals surface area (Å²) in [6.07, 6.45) is 4.99. The van der Waals surface area contributed by atoms with Crippen LogP contribution in [0.4, 0.5) is 0 Å². The molecule has 0 bridgehead atoms. The maximum Gasteiger partial charge on any atom is 0.255 e. The van der Waals surface area contributed by atoms with Gasteiger partial charge in [0.25, 0.3) is 5.91 Å². The average Bonchev–Trinajstić information content (AvgIpc) is 3.10. The van der Waals surface area contributed by atoms with Crippen LogP contribution in [-0.4, -0.2) is 60.0 Å². The van der Waals surface area contributed by atoms with Crippen molar-refractivity contribution >= 4 is 17.7 Å². The van der Waals surface area contributed by atoms with E-state index >= 15 is 0 Å². The molecule has 3 fully saturated rings. The van der Waals surface area contributed by atoms with Gasteiger partial charge in [0.15, 0.2) is 0 Å². The third-order valence-corrected chi connectivity index (χ3v) is 7.22. The molecule has 5 rings (SSSR count). The molecule has 8 heteroatoms. The summed E-state index contributed by atoms with van der Waals surface area (Å²) in [6.45, 7) is 3.84. The maximum absolute atomic E-state index is 13.0. The molecule has 0 aromatic heterocycles. The molecule has 0 radical (unpaired) electrons. The van der Waals surface area contributed by atoms with Crippen LogP contribution in [0.15, 0.2) is 18.2 Å². The van der Waals surface area contributed by atoms with E-state index in [4.69, 9.17) is 4.74 Å². The summed E-state index contributed by atoms with van der Waals surface area (Å²) in [5, 5.41) is 9.45. The van der Waals surface area contributed by atoms with E-state index in [9.17, 15) is 14.4 Å². The van der Waals surface area contributed by atoms with Crippen LogP contribution in [0.1, 0.15) is 60.0 Å². The number of nitrogens with one attached hydrogen (secondary N) is 3. The van der Waals surface area contributed by atoms with E-state index in [0.717, 1.165) is 63.1 Å². The van der Waals surface area contributed by atoms with Crippen molar-refractivity contribution in [1.82, 2.24) is 20.9 Å². The molecule has 8 nitrogen and oxygen atoms in total. The predicted octanol–water partition coefficient (Wildman–Crippen LogP) is 0.838. The molecule has 4 aliphatic rings. The quantitative estimate of drug-likeness (QED) is 0.617. The van der Waals surface area contributed by atoms with Gasteiger partial charge < -0.3 is 20.3 Å². The highest BCUT2D eigenvalue weighted by Gasteiger charge is 2.39. The van der Waals surface area contributed by atoms with Gasteiger partial charge in [-0.15, -0.1) is 0 Å². The summed E-state index contributed by atoms with van der Waals surface area (Å²) in [6, 6.07) is 5.90. The first-order chi connectivity index (χ1) is 15.0. The largest absolute Gasteiger partial charge is 0.372 e. The Kier molecular flexibility index (Phi) is 5.54. The lowest BCUT2D eigenvalue weighted by atomic mass is 9.81. The third kappa shape index (κ3) is 4.12. The molecule has 3 amide bonds. The van der Waals surface area contributed by atoms with E-state index in [1.54, 1.807) is 4.90 Å². The first-order valence-corrected chi connectivity index (χ1v) is 11.4. The average molecular weight is 427 g/mol. The molecule has 1 saturated carbocycles. The highest BCUT2D eigenvalue weighted by Crippen LogP contribution is 2.33. The highest BCUT2D eigenvalue weighted by molar-refractivity contribution is 6.05. The molecular weight excluding hydrogens is 396 g/mol. The van der Waals surface area contributed by atoms with E-state index in [1.807, 2.05) is 12.1 Å². The number of carbonyl (C=O) groups excluding carboxylic acids is 3. The number of rotatable bonds is 4. The Bertz CT molecular complexity index is 886. The van der Waals surface area contributed by atoms with Crippen LogP contribution < -0.4 is 16.0 Å². The van der Waals surface area contributed by atoms with Gasteiger partial charge in [0, 0.05) is 44.2 Å². The first kappa shape index (κ1) is 20.6. The van der Waals surface area contributed by atoms with Gasteiger partial charge in [-0.1, -0.05) is 12.1 Å². The molecule has 1 atom stereocenters. The van der Waals surface area contributed by atoms with E-state index in [-0.39, 0.29) is 29.7 Å². The van der Waals surface area contributed by atoms with Crippen molar-refractivity contribution in [3.8, 4) is 0 Å². The molecule has 2 saturated heterocycles. The van der Waals surface area contributed by atoms with Gasteiger partial charge in [-0.25, -0.2) is 0 Å². The van der Waals surface area contributed by atoms with Crippen molar-refractivity contribution in [3.63, 3.8) is 0 Å². The zero-order valence-electron chi connectivity index (χ0n) is 17.7. The number of morpholine rings is 1. The number of imide groups is 1. The summed E-state index contributed by atoms with van der Waals surface area (Å²) < 4.78 is 6.07. The van der Waals surface area contributed by atoms with Crippen LogP contribution in [0.3, 0.4) is 0 Å². The SMILES string of the molecule is O=C1CCC(N2Cc3ccc(CNC4CCC5(CC4)CNCCO5)cc3C2=O)C(=O)N1. The summed E-state index contributed by atoms with van der Waals surface area (Å²) in [5.41, 5.74) is 2.72. The number of fused-ring (bicyclic) bond motifs is 1. The van der Waals surface area contributed by atoms with Crippen LogP contribution in [0.5, 0.6) is 0 Å². The fourth-order valence-corrected chi connectivity index (χ4v) is 5.35. The topological polar surface area (TPSA) is 99.8 Å². The van der Waals surface area contributed by atoms with Crippen molar-refractivity contribution in [2.75, 3.05) is 19.7 Å². The summed E-state index contributed by atoms with van der Waals surface area (Å²) in [5.74, 6) is -0.752. The van der Waals surface area contributed by atoms with E-state index in [2.05, 4.69) is 22.0 Å². The highest BCUT2D eigenvalue weighted by atomic mass is 16.5. The number of hydrogen-bond acceptors (Lipinski definition) is 6. The molecule has 31 heavy (non-hydrogen) atoms. The predicted molar refractivity (Wildman–Crippen MR) is 113 cm³/mol. The molecule has 1 aromatic carbocycles. The van der Waals surface area contributed by atoms with Crippen LogP contribution >= 0.6 is 0 Å². The van der Waals surface area contributed by atoms with E-state index in [1.165, 1.54) is 0 Å². The first-order valence-electron chi connectivity index (χ1n) is 11.4. The van der Waals surface area contributed by atoms with Crippen molar-refractivity contribution in [2.24, 2.45) is 0 Å². The van der Waals surface area contributed by atoms with Crippen LogP contribution in [-0.2, 0) is 27.4 Å². The monoisotopic (exact) mass is 426 g/mol. The lowest BCUT2D eigenvalue weighted by Gasteiger charge is -2.43. The molecule has 1 aliphatic carbocycles. The van der Waals surface area contributed by atoms with Gasteiger partial charge >= 0.3 is 0 Å². The third-order valence-electron chi connectivity index (χ3n) is 7.22. The Labute approximate surface area is 182 Å². The second-order valence-electron chi connectivity index (χ2n) is 9.25. The molecule has 3 heterocycles. The Morgan fingerprint density at radius 3 is 2.74 bits per heavy atom. The maximum atomic E-state index is 13.0. The summed E-state index contributed by atoms with van der Waals surface area (Å²) >= 11 is 0. The summed E-state index contributed by atoms with van der Waals surface area (Å²) in [4.78, 5) is 38.2. The second kappa shape index (κ2) is 8.33. The van der Waals surface area contributed by atoms with Crippen LogP contribution in [0, 0.1) is 0 Å². The Hall–Kier alpha value is -2.29. The number of carbonyl (C=O) groups is 3. The number of piperidine rings is 1. The summed E-state index contributed by atoms with van der Waals surface area (Å²) in [7, 11) is 0. The standard InChI is InChI=1S/C23H30N4O4/c28-20-4-3-19(21(29)26-20)27-13-16-2-1-15(11-18(16)22(27)30)12-25-17-5-7-23(8-6-17)14-24-9-10-31-23/h1-2,11,17,19,24-25H,3-10,12-14H2,(H,26,28,29). The minimum absolute atomic E-state index is 0.0237. The molecule has 3 aliphatic heterocycles. The minimum atomic E-state index is -0.565. The second-order valence-corrected chi connectivity index (χ2v) is 9.25. The molecule has 1 spiro atoms. The van der Waals surface area contributed by atoms with Gasteiger partial charge in [-0.05, 0) is 49.3 Å². The van der Waals surface area contributed by atoms with Gasteiger partial charge in [0.2, 0.25) is 11.8 Å². The molecule has 1 unspecified atom stereocenters. The van der Waals surface area contributed by atoms with Crippen molar-refractivity contribution in [1.29, 1.82) is 0 Å². The van der Waals surface area contributed by atoms with Crippen molar-refractivity contribution < 1.29 is 19.1 Å². The number of amides is 3. The van der Waals surface area contributed by atoms with Crippen molar-refractivity contribution in [2.45, 2.75) is 69.3 Å². The van der Waals surface area contributed by atoms with E-state index < -0.39 is 6.04 Å². The minimum Gasteiger partial charge on any atom is -0.372 e. The Balaban J connectivity index is 1.18. The lowest BCUT2D eigenvalue weighted by molar-refractivity contribution is -0.136. The van der Waals surface area contributed by atoms with Crippen LogP contribution in [0.25, 0.3) is 0 Å². The fraction of sp³-hybridized carbons (Fsp3) is 0.609. The van der Waals surface area contributed by atoms with Gasteiger partial charge in [0.1, 0.15) is 6.04 Å². The van der Waals surface area contributed by atoms with Gasteiger partial charge in [-0.2, -0.15) is 0 Å². The number of nitrogens with zero attached hydrogens (tertiary/aromatic N) is 1. The van der Waals surface area contributed by atoms with Crippen LogP contribution in [0.2, 0.25) is 0 Å². The fourth-order valence-electron chi connectivity index (χ4n) is 5.35. The number of ether oxygens (including phenoxy) is 1. The van der Waals surface area contributed by atoms with Gasteiger partial charge in [-0.3, -0.25) is 19.7 Å². The zero-order chi connectivity index (χ0) is 21.4.